The van der Waals surface area contributed by atoms with E-state index in [0.29, 0.717) is 11.9 Å². The number of carbonyl (C=O) groups is 1. The Morgan fingerprint density at radius 3 is 2.46 bits per heavy atom. The number of amides is 1. The van der Waals surface area contributed by atoms with Crippen LogP contribution in [0.1, 0.15) is 45.4 Å². The van der Waals surface area contributed by atoms with Gasteiger partial charge in [-0.15, -0.1) is 0 Å². The van der Waals surface area contributed by atoms with Gasteiger partial charge in [0.2, 0.25) is 5.91 Å². The summed E-state index contributed by atoms with van der Waals surface area (Å²) < 4.78 is 0. The molecule has 2 saturated carbocycles. The predicted molar refractivity (Wildman–Crippen MR) is 52.4 cm³/mol. The van der Waals surface area contributed by atoms with Crippen molar-refractivity contribution in [2.24, 2.45) is 5.92 Å². The lowest BCUT2D eigenvalue weighted by molar-refractivity contribution is -0.132. The average Bonchev–Trinajstić information content (AvgIpc) is 2.95. The molecule has 0 unspecified atom stereocenters. The fourth-order valence-electron chi connectivity index (χ4n) is 1.78. The van der Waals surface area contributed by atoms with Gasteiger partial charge < -0.3 is 4.90 Å². The highest BCUT2D eigenvalue weighted by Crippen LogP contribution is 2.35. The Morgan fingerprint density at radius 1 is 1.31 bits per heavy atom. The molecular formula is C11H19NO. The van der Waals surface area contributed by atoms with Gasteiger partial charge in [0.15, 0.2) is 0 Å². The molecule has 2 nitrogen and oxygen atoms in total. The zero-order valence-corrected chi connectivity index (χ0v) is 8.46. The van der Waals surface area contributed by atoms with Gasteiger partial charge >= 0.3 is 0 Å². The molecule has 2 heteroatoms. The highest BCUT2D eigenvalue weighted by atomic mass is 16.2. The van der Waals surface area contributed by atoms with Crippen LogP contribution in [0.4, 0.5) is 0 Å². The van der Waals surface area contributed by atoms with Gasteiger partial charge in [0.05, 0.1) is 0 Å². The lowest BCUT2D eigenvalue weighted by Gasteiger charge is -2.21. The molecule has 2 aliphatic rings. The summed E-state index contributed by atoms with van der Waals surface area (Å²) in [5, 5.41) is 0. The molecule has 0 heterocycles. The van der Waals surface area contributed by atoms with Crippen LogP contribution in [0.3, 0.4) is 0 Å². The van der Waals surface area contributed by atoms with E-state index in [1.54, 1.807) is 0 Å². The SMILES string of the molecule is CCCC(=O)N(CC1CC1)C1CC1. The summed E-state index contributed by atoms with van der Waals surface area (Å²) in [5.74, 6) is 1.25. The van der Waals surface area contributed by atoms with Gasteiger partial charge in [-0.05, 0) is 38.0 Å². The van der Waals surface area contributed by atoms with Crippen LogP contribution < -0.4 is 0 Å². The van der Waals surface area contributed by atoms with Crippen LogP contribution in [0.25, 0.3) is 0 Å². The van der Waals surface area contributed by atoms with Gasteiger partial charge in [-0.3, -0.25) is 4.79 Å². The van der Waals surface area contributed by atoms with Crippen molar-refractivity contribution in [2.45, 2.75) is 51.5 Å². The Bertz CT molecular complexity index is 194. The summed E-state index contributed by atoms with van der Waals surface area (Å²) in [6.45, 7) is 3.14. The Labute approximate surface area is 80.3 Å². The van der Waals surface area contributed by atoms with Crippen molar-refractivity contribution >= 4 is 5.91 Å². The van der Waals surface area contributed by atoms with Gasteiger partial charge in [0.1, 0.15) is 0 Å². The first-order chi connectivity index (χ1) is 6.31. The molecule has 0 radical (unpaired) electrons. The minimum Gasteiger partial charge on any atom is -0.339 e. The molecule has 0 bridgehead atoms. The van der Waals surface area contributed by atoms with Crippen molar-refractivity contribution in [1.82, 2.24) is 4.90 Å². The number of hydrogen-bond donors (Lipinski definition) is 0. The maximum atomic E-state index is 11.7. The average molecular weight is 181 g/mol. The predicted octanol–water partition coefficient (Wildman–Crippen LogP) is 2.19. The van der Waals surface area contributed by atoms with E-state index in [1.165, 1.54) is 25.7 Å². The first kappa shape index (κ1) is 9.04. The summed E-state index contributed by atoms with van der Waals surface area (Å²) in [6.07, 6.45) is 6.95. The van der Waals surface area contributed by atoms with E-state index in [4.69, 9.17) is 0 Å². The van der Waals surface area contributed by atoms with Gasteiger partial charge in [0.25, 0.3) is 0 Å². The molecule has 0 aromatic heterocycles. The number of hydrogen-bond acceptors (Lipinski definition) is 1. The monoisotopic (exact) mass is 181 g/mol. The zero-order valence-electron chi connectivity index (χ0n) is 8.46. The quantitative estimate of drug-likeness (QED) is 0.636. The van der Waals surface area contributed by atoms with Gasteiger partial charge in [-0.1, -0.05) is 6.92 Å². The summed E-state index contributed by atoms with van der Waals surface area (Å²) in [4.78, 5) is 13.9. The lowest BCUT2D eigenvalue weighted by Crippen LogP contribution is -2.34. The standard InChI is InChI=1S/C11H19NO/c1-2-3-11(13)12(10-6-7-10)8-9-4-5-9/h9-10H,2-8H2,1H3. The van der Waals surface area contributed by atoms with E-state index in [9.17, 15) is 4.79 Å². The van der Waals surface area contributed by atoms with E-state index in [1.807, 2.05) is 0 Å². The number of nitrogens with zero attached hydrogens (tertiary/aromatic N) is 1. The van der Waals surface area contributed by atoms with Gasteiger partial charge in [0, 0.05) is 19.0 Å². The minimum atomic E-state index is 0.400. The van der Waals surface area contributed by atoms with E-state index in [2.05, 4.69) is 11.8 Å². The first-order valence-corrected chi connectivity index (χ1v) is 5.60. The normalized spacial score (nSPS) is 21.6. The highest BCUT2D eigenvalue weighted by Gasteiger charge is 2.35. The van der Waals surface area contributed by atoms with E-state index >= 15 is 0 Å². The molecule has 74 valence electrons. The van der Waals surface area contributed by atoms with Crippen molar-refractivity contribution in [3.8, 4) is 0 Å². The molecule has 0 aromatic carbocycles. The fraction of sp³-hybridized carbons (Fsp3) is 0.909. The maximum Gasteiger partial charge on any atom is 0.222 e. The van der Waals surface area contributed by atoms with Crippen molar-refractivity contribution in [2.75, 3.05) is 6.54 Å². The molecule has 2 aliphatic carbocycles. The lowest BCUT2D eigenvalue weighted by atomic mass is 10.2. The largest absolute Gasteiger partial charge is 0.339 e. The molecule has 0 aliphatic heterocycles. The second-order valence-electron chi connectivity index (χ2n) is 4.47. The summed E-state index contributed by atoms with van der Waals surface area (Å²) >= 11 is 0. The molecule has 0 saturated heterocycles. The Morgan fingerprint density at radius 2 is 2.00 bits per heavy atom. The van der Waals surface area contributed by atoms with E-state index < -0.39 is 0 Å². The van der Waals surface area contributed by atoms with Crippen LogP contribution in [-0.2, 0) is 4.79 Å². The van der Waals surface area contributed by atoms with Crippen LogP contribution >= 0.6 is 0 Å². The third kappa shape index (κ3) is 2.45. The van der Waals surface area contributed by atoms with E-state index in [0.717, 1.165) is 25.3 Å². The third-order valence-electron chi connectivity index (χ3n) is 2.92. The van der Waals surface area contributed by atoms with Crippen LogP contribution in [0.2, 0.25) is 0 Å². The topological polar surface area (TPSA) is 20.3 Å². The Hall–Kier alpha value is -0.530. The zero-order chi connectivity index (χ0) is 9.26. The summed E-state index contributed by atoms with van der Waals surface area (Å²) in [6, 6.07) is 0.625. The van der Waals surface area contributed by atoms with Gasteiger partial charge in [-0.25, -0.2) is 0 Å². The third-order valence-corrected chi connectivity index (χ3v) is 2.92. The molecule has 0 spiro atoms. The second kappa shape index (κ2) is 3.69. The summed E-state index contributed by atoms with van der Waals surface area (Å²) in [7, 11) is 0. The molecule has 13 heavy (non-hydrogen) atoms. The molecule has 0 N–H and O–H groups in total. The fourth-order valence-corrected chi connectivity index (χ4v) is 1.78. The van der Waals surface area contributed by atoms with Crippen LogP contribution in [-0.4, -0.2) is 23.4 Å². The number of rotatable bonds is 5. The Kier molecular flexibility index (Phi) is 2.56. The summed E-state index contributed by atoms with van der Waals surface area (Å²) in [5.41, 5.74) is 0. The molecule has 1 amide bonds. The van der Waals surface area contributed by atoms with Crippen molar-refractivity contribution in [3.05, 3.63) is 0 Å². The smallest absolute Gasteiger partial charge is 0.222 e. The maximum absolute atomic E-state index is 11.7. The molecule has 2 rings (SSSR count). The molecule has 0 aromatic rings. The van der Waals surface area contributed by atoms with Crippen LogP contribution in [0, 0.1) is 5.92 Å². The van der Waals surface area contributed by atoms with E-state index in [-0.39, 0.29) is 0 Å². The molecule has 0 atom stereocenters. The second-order valence-corrected chi connectivity index (χ2v) is 4.47. The van der Waals surface area contributed by atoms with Crippen molar-refractivity contribution in [1.29, 1.82) is 0 Å². The van der Waals surface area contributed by atoms with Crippen molar-refractivity contribution in [3.63, 3.8) is 0 Å². The minimum absolute atomic E-state index is 0.400. The first-order valence-electron chi connectivity index (χ1n) is 5.60. The van der Waals surface area contributed by atoms with Gasteiger partial charge in [-0.2, -0.15) is 0 Å². The highest BCUT2D eigenvalue weighted by molar-refractivity contribution is 5.76. The van der Waals surface area contributed by atoms with Crippen molar-refractivity contribution < 1.29 is 4.79 Å². The number of carbonyl (C=O) groups excluding carboxylic acids is 1. The Balaban J connectivity index is 1.83. The van der Waals surface area contributed by atoms with Crippen LogP contribution in [0.5, 0.6) is 0 Å². The molecule has 2 fully saturated rings. The molecular weight excluding hydrogens is 162 g/mol. The van der Waals surface area contributed by atoms with Crippen LogP contribution in [0.15, 0.2) is 0 Å².